The van der Waals surface area contributed by atoms with E-state index in [0.717, 1.165) is 23.5 Å². The van der Waals surface area contributed by atoms with Gasteiger partial charge in [0.15, 0.2) is 0 Å². The largest absolute Gasteiger partial charge is 0.354 e. The quantitative estimate of drug-likeness (QED) is 0.763. The van der Waals surface area contributed by atoms with Crippen LogP contribution in [0.3, 0.4) is 0 Å². The number of hydrogen-bond donors (Lipinski definition) is 1. The van der Waals surface area contributed by atoms with Gasteiger partial charge in [-0.05, 0) is 38.0 Å². The van der Waals surface area contributed by atoms with Crippen LogP contribution in [0.25, 0.3) is 0 Å². The molecule has 1 aromatic carbocycles. The summed E-state index contributed by atoms with van der Waals surface area (Å²) in [6.45, 7) is 7.08. The summed E-state index contributed by atoms with van der Waals surface area (Å²) in [5, 5.41) is 3.51. The van der Waals surface area contributed by atoms with Crippen LogP contribution in [0.2, 0.25) is 5.02 Å². The molecule has 0 aliphatic carbocycles. The molecule has 0 unspecified atom stereocenters. The molecule has 1 fully saturated rings. The van der Waals surface area contributed by atoms with Crippen molar-refractivity contribution in [1.29, 1.82) is 0 Å². The van der Waals surface area contributed by atoms with E-state index in [2.05, 4.69) is 22.2 Å². The van der Waals surface area contributed by atoms with Gasteiger partial charge in [-0.25, -0.2) is 9.97 Å². The Labute approximate surface area is 182 Å². The molecule has 2 heterocycles. The topological polar surface area (TPSA) is 78.4 Å². The summed E-state index contributed by atoms with van der Waals surface area (Å²) in [7, 11) is 1.96. The lowest BCUT2D eigenvalue weighted by Crippen LogP contribution is -2.63. The molecule has 0 bridgehead atoms. The van der Waals surface area contributed by atoms with Crippen LogP contribution in [0.5, 0.6) is 0 Å². The van der Waals surface area contributed by atoms with E-state index in [1.165, 1.54) is 6.20 Å². The van der Waals surface area contributed by atoms with Crippen molar-refractivity contribution in [1.82, 2.24) is 20.2 Å². The third-order valence-electron chi connectivity index (χ3n) is 5.32. The Morgan fingerprint density at radius 3 is 2.67 bits per heavy atom. The molecule has 0 radical (unpaired) electrons. The number of hydrogen-bond acceptors (Lipinski definition) is 5. The second-order valence-corrected chi connectivity index (χ2v) is 8.47. The van der Waals surface area contributed by atoms with Gasteiger partial charge < -0.3 is 15.1 Å². The highest BCUT2D eigenvalue weighted by molar-refractivity contribution is 6.30. The number of amides is 2. The molecule has 2 aromatic rings. The van der Waals surface area contributed by atoms with Crippen LogP contribution in [-0.4, -0.2) is 52.4 Å². The van der Waals surface area contributed by atoms with Gasteiger partial charge in [-0.15, -0.1) is 0 Å². The maximum absolute atomic E-state index is 13.1. The Balaban J connectivity index is 1.86. The highest BCUT2D eigenvalue weighted by Gasteiger charge is 2.41. The van der Waals surface area contributed by atoms with Gasteiger partial charge in [-0.3, -0.25) is 9.59 Å². The average molecular weight is 430 g/mol. The van der Waals surface area contributed by atoms with Gasteiger partial charge in [0.05, 0.1) is 11.9 Å². The maximum atomic E-state index is 13.1. The number of nitrogens with one attached hydrogen (secondary N) is 1. The standard InChI is InChI=1S/C22H28ClN5O2/c1-5-6-17-19(27(4)14-15-7-9-16(23)10-8-15)25-13-18(26-17)20(29)28-12-11-24-21(30)22(28,2)3/h7-10,13H,5-6,11-12,14H2,1-4H3,(H,24,30). The molecule has 30 heavy (non-hydrogen) atoms. The zero-order valence-electron chi connectivity index (χ0n) is 17.9. The van der Waals surface area contributed by atoms with Crippen molar-refractivity contribution in [3.05, 3.63) is 52.4 Å². The molecule has 1 aliphatic rings. The van der Waals surface area contributed by atoms with Gasteiger partial charge in [0, 0.05) is 31.7 Å². The number of nitrogens with zero attached hydrogens (tertiary/aromatic N) is 4. The highest BCUT2D eigenvalue weighted by Crippen LogP contribution is 2.23. The van der Waals surface area contributed by atoms with Crippen LogP contribution in [0, 0.1) is 0 Å². The number of aromatic nitrogens is 2. The predicted octanol–water partition coefficient (Wildman–Crippen LogP) is 3.07. The fourth-order valence-corrected chi connectivity index (χ4v) is 3.71. The van der Waals surface area contributed by atoms with Crippen LogP contribution in [0.15, 0.2) is 30.5 Å². The lowest BCUT2D eigenvalue weighted by molar-refractivity contribution is -0.133. The minimum absolute atomic E-state index is 0.164. The molecule has 0 atom stereocenters. The summed E-state index contributed by atoms with van der Waals surface area (Å²) in [4.78, 5) is 38.2. The molecule has 1 aliphatic heterocycles. The summed E-state index contributed by atoms with van der Waals surface area (Å²) in [5.74, 6) is 0.314. The first-order valence-electron chi connectivity index (χ1n) is 10.2. The third kappa shape index (κ3) is 4.56. The van der Waals surface area contributed by atoms with E-state index in [4.69, 9.17) is 11.6 Å². The van der Waals surface area contributed by atoms with Crippen molar-refractivity contribution in [3.63, 3.8) is 0 Å². The van der Waals surface area contributed by atoms with Crippen LogP contribution in [-0.2, 0) is 17.8 Å². The van der Waals surface area contributed by atoms with E-state index in [-0.39, 0.29) is 17.5 Å². The first-order chi connectivity index (χ1) is 14.2. The molecule has 0 spiro atoms. The molecule has 8 heteroatoms. The monoisotopic (exact) mass is 429 g/mol. The van der Waals surface area contributed by atoms with Crippen molar-refractivity contribution in [2.75, 3.05) is 25.0 Å². The summed E-state index contributed by atoms with van der Waals surface area (Å²) in [6, 6.07) is 7.68. The minimum Gasteiger partial charge on any atom is -0.354 e. The van der Waals surface area contributed by atoms with Gasteiger partial charge in [0.1, 0.15) is 17.1 Å². The van der Waals surface area contributed by atoms with Gasteiger partial charge in [-0.2, -0.15) is 0 Å². The molecule has 1 N–H and O–H groups in total. The van der Waals surface area contributed by atoms with Crippen molar-refractivity contribution in [3.8, 4) is 0 Å². The van der Waals surface area contributed by atoms with Gasteiger partial charge in [0.25, 0.3) is 5.91 Å². The average Bonchev–Trinajstić information content (AvgIpc) is 2.71. The van der Waals surface area contributed by atoms with Crippen molar-refractivity contribution in [2.45, 2.75) is 45.7 Å². The number of aryl methyl sites for hydroxylation is 1. The Morgan fingerprint density at radius 1 is 1.30 bits per heavy atom. The highest BCUT2D eigenvalue weighted by atomic mass is 35.5. The molecule has 1 saturated heterocycles. The third-order valence-corrected chi connectivity index (χ3v) is 5.57. The Bertz CT molecular complexity index is 930. The van der Waals surface area contributed by atoms with Crippen LogP contribution >= 0.6 is 11.6 Å². The number of carbonyl (C=O) groups is 2. The van der Waals surface area contributed by atoms with E-state index in [0.29, 0.717) is 31.1 Å². The van der Waals surface area contributed by atoms with Crippen LogP contribution in [0.1, 0.15) is 48.9 Å². The van der Waals surface area contributed by atoms with Gasteiger partial charge in [-0.1, -0.05) is 37.1 Å². The fraction of sp³-hybridized carbons (Fsp3) is 0.455. The summed E-state index contributed by atoms with van der Waals surface area (Å²) >= 11 is 5.98. The Hall–Kier alpha value is -2.67. The molecule has 2 amide bonds. The Kier molecular flexibility index (Phi) is 6.61. The normalized spacial score (nSPS) is 15.6. The zero-order valence-corrected chi connectivity index (χ0v) is 18.7. The number of carbonyl (C=O) groups excluding carboxylic acids is 2. The van der Waals surface area contributed by atoms with Crippen LogP contribution < -0.4 is 10.2 Å². The predicted molar refractivity (Wildman–Crippen MR) is 118 cm³/mol. The number of rotatable bonds is 6. The number of benzene rings is 1. The number of halogens is 1. The van der Waals surface area contributed by atoms with Crippen molar-refractivity contribution >= 4 is 29.2 Å². The van der Waals surface area contributed by atoms with Gasteiger partial charge >= 0.3 is 0 Å². The second kappa shape index (κ2) is 9.00. The molecule has 3 rings (SSSR count). The minimum atomic E-state index is -0.925. The van der Waals surface area contributed by atoms with E-state index in [1.807, 2.05) is 36.2 Å². The van der Waals surface area contributed by atoms with Crippen LogP contribution in [0.4, 0.5) is 5.82 Å². The van der Waals surface area contributed by atoms with Gasteiger partial charge in [0.2, 0.25) is 5.91 Å². The number of piperazine rings is 1. The molecular weight excluding hydrogens is 402 g/mol. The molecule has 160 valence electrons. The first-order valence-corrected chi connectivity index (χ1v) is 10.5. The summed E-state index contributed by atoms with van der Waals surface area (Å²) in [6.07, 6.45) is 3.10. The second-order valence-electron chi connectivity index (χ2n) is 8.03. The molecule has 7 nitrogen and oxygen atoms in total. The number of anilines is 1. The van der Waals surface area contributed by atoms with Crippen molar-refractivity contribution in [2.24, 2.45) is 0 Å². The summed E-state index contributed by atoms with van der Waals surface area (Å²) in [5.41, 5.74) is 1.22. The first kappa shape index (κ1) is 22.0. The molecule has 0 saturated carbocycles. The SMILES string of the molecule is CCCc1nc(C(=O)N2CCNC(=O)C2(C)C)cnc1N(C)Cc1ccc(Cl)cc1. The Morgan fingerprint density at radius 2 is 2.00 bits per heavy atom. The van der Waals surface area contributed by atoms with E-state index in [9.17, 15) is 9.59 Å². The summed E-state index contributed by atoms with van der Waals surface area (Å²) < 4.78 is 0. The van der Waals surface area contributed by atoms with E-state index in [1.54, 1.807) is 18.7 Å². The fourth-order valence-electron chi connectivity index (χ4n) is 3.58. The smallest absolute Gasteiger partial charge is 0.275 e. The van der Waals surface area contributed by atoms with Crippen molar-refractivity contribution < 1.29 is 9.59 Å². The molecule has 1 aromatic heterocycles. The lowest BCUT2D eigenvalue weighted by Gasteiger charge is -2.40. The molecular formula is C22H28ClN5O2. The van der Waals surface area contributed by atoms with E-state index >= 15 is 0 Å². The lowest BCUT2D eigenvalue weighted by atomic mass is 9.98. The zero-order chi connectivity index (χ0) is 21.9. The maximum Gasteiger partial charge on any atom is 0.275 e. The van der Waals surface area contributed by atoms with E-state index < -0.39 is 5.54 Å².